The monoisotopic (exact) mass is 365 g/mol. The van der Waals surface area contributed by atoms with Crippen molar-refractivity contribution in [2.24, 2.45) is 0 Å². The minimum Gasteiger partial charge on any atom is -0.388 e. The van der Waals surface area contributed by atoms with Gasteiger partial charge in [0.15, 0.2) is 0 Å². The molecule has 0 saturated carbocycles. The SMILES string of the molecule is O=C(Cn1cccn1)N1C2CCC1CC(O)(Cn1ccc3ccncc31)C2. The van der Waals surface area contributed by atoms with Crippen LogP contribution in [0.3, 0.4) is 0 Å². The van der Waals surface area contributed by atoms with Gasteiger partial charge in [-0.1, -0.05) is 0 Å². The van der Waals surface area contributed by atoms with Gasteiger partial charge in [-0.15, -0.1) is 0 Å². The Hall–Kier alpha value is -2.67. The van der Waals surface area contributed by atoms with Crippen LogP contribution in [0.5, 0.6) is 0 Å². The zero-order valence-electron chi connectivity index (χ0n) is 15.1. The maximum atomic E-state index is 12.8. The molecule has 0 aromatic carbocycles. The number of rotatable bonds is 4. The second-order valence-corrected chi connectivity index (χ2v) is 7.90. The van der Waals surface area contributed by atoms with E-state index in [0.717, 1.165) is 23.7 Å². The molecule has 2 unspecified atom stereocenters. The molecule has 1 amide bonds. The summed E-state index contributed by atoms with van der Waals surface area (Å²) in [7, 11) is 0. The number of amides is 1. The van der Waals surface area contributed by atoms with E-state index in [-0.39, 0.29) is 24.5 Å². The molecule has 2 bridgehead atoms. The van der Waals surface area contributed by atoms with Gasteiger partial charge in [0.25, 0.3) is 0 Å². The van der Waals surface area contributed by atoms with Crippen LogP contribution in [0.2, 0.25) is 0 Å². The fourth-order valence-corrected chi connectivity index (χ4v) is 4.96. The lowest BCUT2D eigenvalue weighted by molar-refractivity contribution is -0.142. The number of aromatic nitrogens is 4. The van der Waals surface area contributed by atoms with Gasteiger partial charge in [-0.2, -0.15) is 5.10 Å². The van der Waals surface area contributed by atoms with Gasteiger partial charge in [-0.3, -0.25) is 14.5 Å². The van der Waals surface area contributed by atoms with E-state index >= 15 is 0 Å². The molecule has 140 valence electrons. The molecule has 3 aromatic heterocycles. The van der Waals surface area contributed by atoms with Gasteiger partial charge in [0.2, 0.25) is 5.91 Å². The number of pyridine rings is 1. The number of fused-ring (bicyclic) bond motifs is 3. The highest BCUT2D eigenvalue weighted by molar-refractivity contribution is 5.79. The van der Waals surface area contributed by atoms with Crippen molar-refractivity contribution in [1.29, 1.82) is 0 Å². The Balaban J connectivity index is 1.33. The summed E-state index contributed by atoms with van der Waals surface area (Å²) in [5, 5.41) is 16.6. The molecule has 2 aliphatic rings. The third-order valence-corrected chi connectivity index (χ3v) is 6.04. The highest BCUT2D eigenvalue weighted by atomic mass is 16.3. The number of hydrogen-bond acceptors (Lipinski definition) is 4. The second-order valence-electron chi connectivity index (χ2n) is 7.90. The molecule has 7 heteroatoms. The summed E-state index contributed by atoms with van der Waals surface area (Å²) >= 11 is 0. The number of hydrogen-bond donors (Lipinski definition) is 1. The third-order valence-electron chi connectivity index (χ3n) is 6.04. The smallest absolute Gasteiger partial charge is 0.244 e. The maximum Gasteiger partial charge on any atom is 0.244 e. The van der Waals surface area contributed by atoms with Crippen molar-refractivity contribution in [3.05, 3.63) is 49.2 Å². The molecule has 5 rings (SSSR count). The first kappa shape index (κ1) is 16.5. The molecule has 0 aliphatic carbocycles. The zero-order valence-corrected chi connectivity index (χ0v) is 15.1. The van der Waals surface area contributed by atoms with E-state index in [1.807, 2.05) is 35.6 Å². The lowest BCUT2D eigenvalue weighted by Gasteiger charge is -2.44. The number of carbonyl (C=O) groups excluding carboxylic acids is 1. The van der Waals surface area contributed by atoms with Crippen LogP contribution in [-0.4, -0.2) is 52.9 Å². The number of nitrogens with zero attached hydrogens (tertiary/aromatic N) is 5. The maximum absolute atomic E-state index is 12.8. The lowest BCUT2D eigenvalue weighted by atomic mass is 9.85. The molecule has 7 nitrogen and oxygen atoms in total. The van der Waals surface area contributed by atoms with Crippen LogP contribution in [-0.2, 0) is 17.9 Å². The fourth-order valence-electron chi connectivity index (χ4n) is 4.96. The van der Waals surface area contributed by atoms with E-state index < -0.39 is 5.60 Å². The topological polar surface area (TPSA) is 76.2 Å². The van der Waals surface area contributed by atoms with Crippen molar-refractivity contribution < 1.29 is 9.90 Å². The van der Waals surface area contributed by atoms with Gasteiger partial charge < -0.3 is 14.6 Å². The molecule has 0 radical (unpaired) electrons. The first-order valence-electron chi connectivity index (χ1n) is 9.51. The Kier molecular flexibility index (Phi) is 3.79. The van der Waals surface area contributed by atoms with Crippen LogP contribution in [0.1, 0.15) is 25.7 Å². The largest absolute Gasteiger partial charge is 0.388 e. The quantitative estimate of drug-likeness (QED) is 0.765. The molecule has 3 aromatic rings. The minimum absolute atomic E-state index is 0.101. The van der Waals surface area contributed by atoms with E-state index in [2.05, 4.69) is 20.7 Å². The zero-order chi connectivity index (χ0) is 18.4. The summed E-state index contributed by atoms with van der Waals surface area (Å²) in [5.41, 5.74) is 0.242. The fraction of sp³-hybridized carbons (Fsp3) is 0.450. The Labute approximate surface area is 157 Å². The van der Waals surface area contributed by atoms with Crippen molar-refractivity contribution in [1.82, 2.24) is 24.2 Å². The molecule has 1 N–H and O–H groups in total. The average Bonchev–Trinajstić information content (AvgIpc) is 3.35. The Morgan fingerprint density at radius 3 is 2.74 bits per heavy atom. The highest BCUT2D eigenvalue weighted by Gasteiger charge is 2.49. The number of carbonyl (C=O) groups is 1. The van der Waals surface area contributed by atoms with Crippen LogP contribution < -0.4 is 0 Å². The predicted molar refractivity (Wildman–Crippen MR) is 99.8 cm³/mol. The predicted octanol–water partition coefficient (Wildman–Crippen LogP) is 1.82. The summed E-state index contributed by atoms with van der Waals surface area (Å²) in [6.07, 6.45) is 12.3. The molecular weight excluding hydrogens is 342 g/mol. The molecular formula is C20H23N5O2. The minimum atomic E-state index is -0.796. The molecule has 0 spiro atoms. The van der Waals surface area contributed by atoms with Gasteiger partial charge in [-0.05, 0) is 43.9 Å². The van der Waals surface area contributed by atoms with Crippen molar-refractivity contribution >= 4 is 16.8 Å². The number of aliphatic hydroxyl groups is 1. The summed E-state index contributed by atoms with van der Waals surface area (Å²) < 4.78 is 3.75. The van der Waals surface area contributed by atoms with Crippen LogP contribution in [0.4, 0.5) is 0 Å². The summed E-state index contributed by atoms with van der Waals surface area (Å²) in [5.74, 6) is 0.101. The van der Waals surface area contributed by atoms with Gasteiger partial charge in [0.1, 0.15) is 6.54 Å². The van der Waals surface area contributed by atoms with Gasteiger partial charge in [-0.25, -0.2) is 0 Å². The normalized spacial score (nSPS) is 27.4. The molecule has 2 saturated heterocycles. The Bertz CT molecular complexity index is 950. The van der Waals surface area contributed by atoms with Crippen molar-refractivity contribution in [2.45, 2.75) is 56.5 Å². The first-order chi connectivity index (χ1) is 13.1. The van der Waals surface area contributed by atoms with E-state index in [0.29, 0.717) is 19.4 Å². The van der Waals surface area contributed by atoms with E-state index in [1.54, 1.807) is 17.1 Å². The molecule has 2 fully saturated rings. The molecule has 2 aliphatic heterocycles. The van der Waals surface area contributed by atoms with Crippen molar-refractivity contribution in [3.63, 3.8) is 0 Å². The van der Waals surface area contributed by atoms with Gasteiger partial charge >= 0.3 is 0 Å². The van der Waals surface area contributed by atoms with E-state index in [9.17, 15) is 9.90 Å². The second kappa shape index (κ2) is 6.20. The Morgan fingerprint density at radius 2 is 2.00 bits per heavy atom. The van der Waals surface area contributed by atoms with Crippen molar-refractivity contribution in [3.8, 4) is 0 Å². The Morgan fingerprint density at radius 1 is 1.19 bits per heavy atom. The first-order valence-corrected chi connectivity index (χ1v) is 9.51. The standard InChI is InChI=1S/C20H23N5O2/c26-19(13-24-8-1-6-22-24)25-16-2-3-17(25)11-20(27,10-16)14-23-9-5-15-4-7-21-12-18(15)23/h1,4-9,12,16-17,27H,2-3,10-11,13-14H2. The van der Waals surface area contributed by atoms with Crippen LogP contribution in [0.25, 0.3) is 10.9 Å². The lowest BCUT2D eigenvalue weighted by Crippen LogP contribution is -2.55. The molecule has 5 heterocycles. The molecule has 2 atom stereocenters. The third kappa shape index (κ3) is 2.92. The molecule has 27 heavy (non-hydrogen) atoms. The van der Waals surface area contributed by atoms with Crippen LogP contribution in [0.15, 0.2) is 49.2 Å². The average molecular weight is 365 g/mol. The van der Waals surface area contributed by atoms with Crippen LogP contribution in [0, 0.1) is 0 Å². The van der Waals surface area contributed by atoms with Crippen molar-refractivity contribution in [2.75, 3.05) is 0 Å². The van der Waals surface area contributed by atoms with Gasteiger partial charge in [0.05, 0.1) is 23.9 Å². The summed E-state index contributed by atoms with van der Waals surface area (Å²) in [6.45, 7) is 0.808. The van der Waals surface area contributed by atoms with E-state index in [1.165, 1.54) is 0 Å². The van der Waals surface area contributed by atoms with Gasteiger partial charge in [0, 0.05) is 42.3 Å². The van der Waals surface area contributed by atoms with E-state index in [4.69, 9.17) is 0 Å². The van der Waals surface area contributed by atoms with Crippen LogP contribution >= 0.6 is 0 Å². The highest BCUT2D eigenvalue weighted by Crippen LogP contribution is 2.42. The summed E-state index contributed by atoms with van der Waals surface area (Å²) in [6, 6.07) is 6.08. The number of piperidine rings is 1. The summed E-state index contributed by atoms with van der Waals surface area (Å²) in [4.78, 5) is 19.0.